The molecule has 0 N–H and O–H groups in total. The van der Waals surface area contributed by atoms with Gasteiger partial charge in [0.1, 0.15) is 23.6 Å². The first kappa shape index (κ1) is 19.9. The summed E-state index contributed by atoms with van der Waals surface area (Å²) in [6.07, 6.45) is 1.55. The summed E-state index contributed by atoms with van der Waals surface area (Å²) in [7, 11) is 1.66. The van der Waals surface area contributed by atoms with Crippen LogP contribution >= 0.6 is 11.8 Å². The van der Waals surface area contributed by atoms with Crippen molar-refractivity contribution >= 4 is 18.0 Å². The molecule has 0 amide bonds. The van der Waals surface area contributed by atoms with Crippen molar-refractivity contribution in [3.63, 3.8) is 0 Å². The number of aldehydes is 1. The van der Waals surface area contributed by atoms with Gasteiger partial charge in [-0.1, -0.05) is 23.9 Å². The molecule has 3 aromatic rings. The predicted octanol–water partition coefficient (Wildman–Crippen LogP) is 3.88. The van der Waals surface area contributed by atoms with Crippen molar-refractivity contribution in [1.82, 2.24) is 14.8 Å². The predicted molar refractivity (Wildman–Crippen MR) is 110 cm³/mol. The van der Waals surface area contributed by atoms with Gasteiger partial charge < -0.3 is 14.0 Å². The van der Waals surface area contributed by atoms with E-state index in [2.05, 4.69) is 21.7 Å². The van der Waals surface area contributed by atoms with Gasteiger partial charge in [-0.2, -0.15) is 0 Å². The summed E-state index contributed by atoms with van der Waals surface area (Å²) in [6.45, 7) is 3.46. The summed E-state index contributed by atoms with van der Waals surface area (Å²) < 4.78 is 13.1. The van der Waals surface area contributed by atoms with Crippen LogP contribution in [0.5, 0.6) is 11.5 Å². The minimum absolute atomic E-state index is 0.551. The molecule has 0 radical (unpaired) electrons. The Morgan fingerprint density at radius 2 is 1.75 bits per heavy atom. The van der Waals surface area contributed by atoms with E-state index < -0.39 is 0 Å². The molecule has 0 aliphatic carbocycles. The Hall–Kier alpha value is -2.80. The molecule has 146 valence electrons. The van der Waals surface area contributed by atoms with E-state index in [1.807, 2.05) is 24.3 Å². The van der Waals surface area contributed by atoms with Crippen molar-refractivity contribution in [1.29, 1.82) is 0 Å². The quantitative estimate of drug-likeness (QED) is 0.294. The number of thioether (sulfide) groups is 1. The van der Waals surface area contributed by atoms with Crippen molar-refractivity contribution in [3.05, 3.63) is 65.5 Å². The number of hydrogen-bond acceptors (Lipinski definition) is 6. The van der Waals surface area contributed by atoms with Crippen molar-refractivity contribution < 1.29 is 14.3 Å². The average Bonchev–Trinajstić information content (AvgIpc) is 3.13. The highest BCUT2D eigenvalue weighted by molar-refractivity contribution is 7.99. The van der Waals surface area contributed by atoms with E-state index in [9.17, 15) is 4.79 Å². The number of benzene rings is 2. The number of methoxy groups -OCH3 is 1. The van der Waals surface area contributed by atoms with E-state index >= 15 is 0 Å². The smallest absolute Gasteiger partial charge is 0.191 e. The second-order valence-corrected chi connectivity index (χ2v) is 7.11. The molecule has 0 saturated carbocycles. The Labute approximate surface area is 168 Å². The Morgan fingerprint density at radius 3 is 2.39 bits per heavy atom. The van der Waals surface area contributed by atoms with Gasteiger partial charge in [0.15, 0.2) is 5.16 Å². The Kier molecular flexibility index (Phi) is 7.08. The summed E-state index contributed by atoms with van der Waals surface area (Å²) in [4.78, 5) is 10.7. The van der Waals surface area contributed by atoms with Gasteiger partial charge in [0.05, 0.1) is 13.7 Å². The van der Waals surface area contributed by atoms with E-state index in [1.54, 1.807) is 43.1 Å². The maximum Gasteiger partial charge on any atom is 0.191 e. The standard InChI is InChI=1S/C21H23N3O3S/c1-3-24-20(14-16-4-8-18(26-2)9-5-16)22-23-21(24)28-13-12-27-19-10-6-17(15-25)7-11-19/h4-11,15H,3,12-14H2,1-2H3. The monoisotopic (exact) mass is 397 g/mol. The molecule has 1 heterocycles. The molecule has 2 aromatic carbocycles. The summed E-state index contributed by atoms with van der Waals surface area (Å²) in [6, 6.07) is 15.1. The van der Waals surface area contributed by atoms with Crippen LogP contribution < -0.4 is 9.47 Å². The number of carbonyl (C=O) groups excluding carboxylic acids is 1. The molecule has 28 heavy (non-hydrogen) atoms. The van der Waals surface area contributed by atoms with Gasteiger partial charge in [0, 0.05) is 24.3 Å². The van der Waals surface area contributed by atoms with Crippen LogP contribution in [0.15, 0.2) is 53.7 Å². The minimum atomic E-state index is 0.551. The van der Waals surface area contributed by atoms with Crippen LogP contribution in [0, 0.1) is 0 Å². The molecule has 6 nitrogen and oxygen atoms in total. The minimum Gasteiger partial charge on any atom is -0.497 e. The van der Waals surface area contributed by atoms with E-state index in [0.717, 1.165) is 47.5 Å². The number of carbonyl (C=O) groups is 1. The molecular formula is C21H23N3O3S. The topological polar surface area (TPSA) is 66.2 Å². The van der Waals surface area contributed by atoms with Gasteiger partial charge in [-0.25, -0.2) is 0 Å². The first-order valence-corrected chi connectivity index (χ1v) is 10.1. The molecule has 3 rings (SSSR count). The highest BCUT2D eigenvalue weighted by Crippen LogP contribution is 2.20. The number of hydrogen-bond donors (Lipinski definition) is 0. The number of nitrogens with zero attached hydrogens (tertiary/aromatic N) is 3. The summed E-state index contributed by atoms with van der Waals surface area (Å²) in [5.41, 5.74) is 1.81. The van der Waals surface area contributed by atoms with Gasteiger partial charge in [-0.3, -0.25) is 4.79 Å². The third-order valence-corrected chi connectivity index (χ3v) is 5.16. The van der Waals surface area contributed by atoms with Crippen LogP contribution in [0.3, 0.4) is 0 Å². The second-order valence-electron chi connectivity index (χ2n) is 6.05. The lowest BCUT2D eigenvalue weighted by Gasteiger charge is -2.09. The highest BCUT2D eigenvalue weighted by Gasteiger charge is 2.12. The van der Waals surface area contributed by atoms with Gasteiger partial charge in [0.2, 0.25) is 0 Å². The molecule has 0 aliphatic heterocycles. The average molecular weight is 398 g/mol. The van der Waals surface area contributed by atoms with E-state index in [-0.39, 0.29) is 0 Å². The van der Waals surface area contributed by atoms with Gasteiger partial charge in [-0.05, 0) is 48.9 Å². The molecule has 0 atom stereocenters. The van der Waals surface area contributed by atoms with Crippen molar-refractivity contribution in [2.75, 3.05) is 19.5 Å². The van der Waals surface area contributed by atoms with Crippen molar-refractivity contribution in [2.45, 2.75) is 25.0 Å². The zero-order valence-corrected chi connectivity index (χ0v) is 16.8. The molecule has 0 unspecified atom stereocenters. The first-order chi connectivity index (χ1) is 13.7. The molecule has 0 aliphatic rings. The van der Waals surface area contributed by atoms with Crippen LogP contribution in [0.25, 0.3) is 0 Å². The molecular weight excluding hydrogens is 374 g/mol. The third kappa shape index (κ3) is 5.13. The fraction of sp³-hybridized carbons (Fsp3) is 0.286. The fourth-order valence-electron chi connectivity index (χ4n) is 2.74. The molecule has 0 spiro atoms. The number of rotatable bonds is 10. The van der Waals surface area contributed by atoms with Crippen LogP contribution in [0.2, 0.25) is 0 Å². The van der Waals surface area contributed by atoms with Crippen molar-refractivity contribution in [2.24, 2.45) is 0 Å². The second kappa shape index (κ2) is 9.94. The number of aromatic nitrogens is 3. The highest BCUT2D eigenvalue weighted by atomic mass is 32.2. The largest absolute Gasteiger partial charge is 0.497 e. The van der Waals surface area contributed by atoms with Gasteiger partial charge >= 0.3 is 0 Å². The first-order valence-electron chi connectivity index (χ1n) is 9.09. The summed E-state index contributed by atoms with van der Waals surface area (Å²) >= 11 is 1.62. The lowest BCUT2D eigenvalue weighted by molar-refractivity contribution is 0.112. The zero-order chi connectivity index (χ0) is 19.8. The molecule has 0 bridgehead atoms. The molecule has 0 saturated heterocycles. The lowest BCUT2D eigenvalue weighted by atomic mass is 10.1. The summed E-state index contributed by atoms with van der Waals surface area (Å²) in [5.74, 6) is 3.30. The van der Waals surface area contributed by atoms with Crippen LogP contribution in [0.1, 0.15) is 28.7 Å². The Bertz CT molecular complexity index is 892. The molecule has 7 heteroatoms. The lowest BCUT2D eigenvalue weighted by Crippen LogP contribution is -2.06. The van der Waals surface area contributed by atoms with Crippen LogP contribution in [0.4, 0.5) is 0 Å². The SMILES string of the molecule is CCn1c(Cc2ccc(OC)cc2)nnc1SCCOc1ccc(C=O)cc1. The fourth-order valence-corrected chi connectivity index (χ4v) is 3.57. The maximum absolute atomic E-state index is 10.7. The Balaban J connectivity index is 1.54. The molecule has 1 aromatic heterocycles. The van der Waals surface area contributed by atoms with Gasteiger partial charge in [0.25, 0.3) is 0 Å². The third-order valence-electron chi connectivity index (χ3n) is 4.23. The van der Waals surface area contributed by atoms with Crippen LogP contribution in [-0.4, -0.2) is 40.5 Å². The van der Waals surface area contributed by atoms with E-state index in [1.165, 1.54) is 5.56 Å². The van der Waals surface area contributed by atoms with E-state index in [4.69, 9.17) is 9.47 Å². The maximum atomic E-state index is 10.7. The normalized spacial score (nSPS) is 10.6. The summed E-state index contributed by atoms with van der Waals surface area (Å²) in [5, 5.41) is 9.60. The van der Waals surface area contributed by atoms with Crippen LogP contribution in [-0.2, 0) is 13.0 Å². The molecule has 0 fully saturated rings. The zero-order valence-electron chi connectivity index (χ0n) is 16.0. The Morgan fingerprint density at radius 1 is 1.04 bits per heavy atom. The van der Waals surface area contributed by atoms with Crippen molar-refractivity contribution in [3.8, 4) is 11.5 Å². The van der Waals surface area contributed by atoms with E-state index in [0.29, 0.717) is 12.2 Å². The number of ether oxygens (including phenoxy) is 2. The van der Waals surface area contributed by atoms with Gasteiger partial charge in [-0.15, -0.1) is 10.2 Å².